The summed E-state index contributed by atoms with van der Waals surface area (Å²) in [4.78, 5) is 10.6. The van der Waals surface area contributed by atoms with E-state index in [4.69, 9.17) is 0 Å². The number of aromatic nitrogens is 3. The van der Waals surface area contributed by atoms with E-state index in [1.54, 1.807) is 24.3 Å². The number of anilines is 1. The second kappa shape index (κ2) is 6.92. The van der Waals surface area contributed by atoms with Crippen molar-refractivity contribution >= 4 is 16.9 Å². The van der Waals surface area contributed by atoms with Crippen LogP contribution in [0.25, 0.3) is 22.3 Å². The predicted molar refractivity (Wildman–Crippen MR) is 104 cm³/mol. The van der Waals surface area contributed by atoms with Gasteiger partial charge in [-0.15, -0.1) is 0 Å². The lowest BCUT2D eigenvalue weighted by Crippen LogP contribution is -2.11. The highest BCUT2D eigenvalue weighted by molar-refractivity contribution is 5.92. The van der Waals surface area contributed by atoms with Crippen molar-refractivity contribution in [3.63, 3.8) is 0 Å². The standard InChI is InChI=1S/C21H18F2N4O/c1-26(2)20-18-10-19(14-3-5-17(28)6-4-14)27(21(18)25-12-24-20)11-13-7-15(22)9-16(23)8-13/h3-10,12,28H,11H2,1-2H3. The Labute approximate surface area is 160 Å². The fraction of sp³-hybridized carbons (Fsp3) is 0.143. The minimum absolute atomic E-state index is 0.160. The largest absolute Gasteiger partial charge is 0.508 e. The number of aromatic hydroxyl groups is 1. The average molecular weight is 380 g/mol. The molecule has 0 unspecified atom stereocenters. The maximum absolute atomic E-state index is 13.7. The number of halogens is 2. The van der Waals surface area contributed by atoms with Gasteiger partial charge in [-0.25, -0.2) is 18.7 Å². The van der Waals surface area contributed by atoms with Crippen LogP contribution in [0.3, 0.4) is 0 Å². The molecule has 0 saturated carbocycles. The van der Waals surface area contributed by atoms with Gasteiger partial charge in [0, 0.05) is 26.7 Å². The van der Waals surface area contributed by atoms with Crippen LogP contribution in [0.15, 0.2) is 54.9 Å². The SMILES string of the molecule is CN(C)c1ncnc2c1cc(-c1ccc(O)cc1)n2Cc1cc(F)cc(F)c1. The molecule has 1 N–H and O–H groups in total. The lowest BCUT2D eigenvalue weighted by atomic mass is 10.1. The third-order valence-corrected chi connectivity index (χ3v) is 4.52. The number of hydrogen-bond acceptors (Lipinski definition) is 4. The first-order valence-electron chi connectivity index (χ1n) is 8.68. The Kier molecular flexibility index (Phi) is 4.43. The van der Waals surface area contributed by atoms with Crippen LogP contribution in [0, 0.1) is 11.6 Å². The minimum atomic E-state index is -0.624. The molecule has 0 fully saturated rings. The van der Waals surface area contributed by atoms with Crippen LogP contribution in [0.5, 0.6) is 5.75 Å². The lowest BCUT2D eigenvalue weighted by Gasteiger charge is -2.13. The molecule has 0 aliphatic rings. The van der Waals surface area contributed by atoms with Crippen LogP contribution in [0.2, 0.25) is 0 Å². The average Bonchev–Trinajstić information content (AvgIpc) is 3.00. The van der Waals surface area contributed by atoms with E-state index in [1.807, 2.05) is 29.6 Å². The number of fused-ring (bicyclic) bond motifs is 1. The van der Waals surface area contributed by atoms with Gasteiger partial charge in [0.05, 0.1) is 11.1 Å². The number of rotatable bonds is 4. The quantitative estimate of drug-likeness (QED) is 0.577. The molecule has 0 aliphatic heterocycles. The third-order valence-electron chi connectivity index (χ3n) is 4.52. The smallest absolute Gasteiger partial charge is 0.146 e. The van der Waals surface area contributed by atoms with Crippen LogP contribution < -0.4 is 4.90 Å². The van der Waals surface area contributed by atoms with Gasteiger partial charge in [-0.1, -0.05) is 0 Å². The Morgan fingerprint density at radius 2 is 1.64 bits per heavy atom. The Hall–Kier alpha value is -3.48. The van der Waals surface area contributed by atoms with Gasteiger partial charge in [-0.05, 0) is 53.6 Å². The molecule has 0 amide bonds. The van der Waals surface area contributed by atoms with Crippen molar-refractivity contribution in [2.24, 2.45) is 0 Å². The maximum Gasteiger partial charge on any atom is 0.146 e. The van der Waals surface area contributed by atoms with E-state index < -0.39 is 11.6 Å². The van der Waals surface area contributed by atoms with Gasteiger partial charge in [0.2, 0.25) is 0 Å². The van der Waals surface area contributed by atoms with Crippen molar-refractivity contribution in [1.82, 2.24) is 14.5 Å². The van der Waals surface area contributed by atoms with E-state index in [2.05, 4.69) is 9.97 Å². The topological polar surface area (TPSA) is 54.2 Å². The molecule has 7 heteroatoms. The lowest BCUT2D eigenvalue weighted by molar-refractivity contribution is 0.475. The molecule has 142 valence electrons. The molecule has 0 aliphatic carbocycles. The number of hydrogen-bond donors (Lipinski definition) is 1. The summed E-state index contributed by atoms with van der Waals surface area (Å²) in [5.41, 5.74) is 2.80. The summed E-state index contributed by atoms with van der Waals surface area (Å²) in [5, 5.41) is 10.4. The Morgan fingerprint density at radius 1 is 0.964 bits per heavy atom. The number of phenolic OH excluding ortho intramolecular Hbond substituents is 1. The molecule has 0 saturated heterocycles. The van der Waals surface area contributed by atoms with Crippen molar-refractivity contribution in [2.75, 3.05) is 19.0 Å². The molecule has 0 spiro atoms. The molecule has 2 heterocycles. The molecule has 5 nitrogen and oxygen atoms in total. The van der Waals surface area contributed by atoms with Gasteiger partial charge < -0.3 is 14.6 Å². The number of phenols is 1. The van der Waals surface area contributed by atoms with E-state index in [0.717, 1.165) is 28.5 Å². The van der Waals surface area contributed by atoms with Gasteiger partial charge in [0.25, 0.3) is 0 Å². The molecule has 4 aromatic rings. The van der Waals surface area contributed by atoms with Crippen LogP contribution in [0.4, 0.5) is 14.6 Å². The highest BCUT2D eigenvalue weighted by Gasteiger charge is 2.17. The summed E-state index contributed by atoms with van der Waals surface area (Å²) >= 11 is 0. The molecular formula is C21H18F2N4O. The summed E-state index contributed by atoms with van der Waals surface area (Å²) in [6.07, 6.45) is 1.47. The van der Waals surface area contributed by atoms with E-state index in [-0.39, 0.29) is 12.3 Å². The minimum Gasteiger partial charge on any atom is -0.508 e. The zero-order chi connectivity index (χ0) is 19.8. The number of benzene rings is 2. The summed E-state index contributed by atoms with van der Waals surface area (Å²) in [5.74, 6) is -0.343. The highest BCUT2D eigenvalue weighted by atomic mass is 19.1. The van der Waals surface area contributed by atoms with E-state index in [9.17, 15) is 13.9 Å². The van der Waals surface area contributed by atoms with Gasteiger partial charge in [-0.3, -0.25) is 0 Å². The van der Waals surface area contributed by atoms with Crippen molar-refractivity contribution in [3.05, 3.63) is 72.1 Å². The van der Waals surface area contributed by atoms with Crippen molar-refractivity contribution in [1.29, 1.82) is 0 Å². The first-order valence-corrected chi connectivity index (χ1v) is 8.68. The van der Waals surface area contributed by atoms with Crippen LogP contribution in [-0.4, -0.2) is 33.7 Å². The first-order chi connectivity index (χ1) is 13.4. The van der Waals surface area contributed by atoms with E-state index in [1.165, 1.54) is 18.5 Å². The second-order valence-corrected chi connectivity index (χ2v) is 6.77. The molecular weight excluding hydrogens is 362 g/mol. The van der Waals surface area contributed by atoms with Crippen LogP contribution in [0.1, 0.15) is 5.56 Å². The van der Waals surface area contributed by atoms with Crippen LogP contribution >= 0.6 is 0 Å². The zero-order valence-corrected chi connectivity index (χ0v) is 15.4. The molecule has 0 bridgehead atoms. The normalized spacial score (nSPS) is 11.1. The van der Waals surface area contributed by atoms with Gasteiger partial charge in [0.15, 0.2) is 0 Å². The zero-order valence-electron chi connectivity index (χ0n) is 15.4. The van der Waals surface area contributed by atoms with Crippen molar-refractivity contribution < 1.29 is 13.9 Å². The Balaban J connectivity index is 1.94. The van der Waals surface area contributed by atoms with E-state index in [0.29, 0.717) is 11.2 Å². The van der Waals surface area contributed by atoms with E-state index >= 15 is 0 Å². The predicted octanol–water partition coefficient (Wildman–Crippen LogP) is 4.20. The third kappa shape index (κ3) is 3.26. The van der Waals surface area contributed by atoms with Crippen molar-refractivity contribution in [3.8, 4) is 17.0 Å². The Bertz CT molecular complexity index is 1130. The van der Waals surface area contributed by atoms with Crippen molar-refractivity contribution in [2.45, 2.75) is 6.54 Å². The van der Waals surface area contributed by atoms with Gasteiger partial charge >= 0.3 is 0 Å². The number of nitrogens with zero attached hydrogens (tertiary/aromatic N) is 4. The summed E-state index contributed by atoms with van der Waals surface area (Å²) in [6, 6.07) is 12.2. The van der Waals surface area contributed by atoms with Crippen LogP contribution in [-0.2, 0) is 6.54 Å². The summed E-state index contributed by atoms with van der Waals surface area (Å²) in [6.45, 7) is 0.234. The summed E-state index contributed by atoms with van der Waals surface area (Å²) < 4.78 is 29.3. The van der Waals surface area contributed by atoms with Gasteiger partial charge in [0.1, 0.15) is 35.2 Å². The fourth-order valence-corrected chi connectivity index (χ4v) is 3.32. The van der Waals surface area contributed by atoms with Gasteiger partial charge in [-0.2, -0.15) is 0 Å². The monoisotopic (exact) mass is 380 g/mol. The molecule has 2 aromatic heterocycles. The molecule has 0 atom stereocenters. The first kappa shape index (κ1) is 17.9. The molecule has 28 heavy (non-hydrogen) atoms. The highest BCUT2D eigenvalue weighted by Crippen LogP contribution is 2.32. The Morgan fingerprint density at radius 3 is 2.29 bits per heavy atom. The molecule has 0 radical (unpaired) electrons. The molecule has 2 aromatic carbocycles. The second-order valence-electron chi connectivity index (χ2n) is 6.77. The fourth-order valence-electron chi connectivity index (χ4n) is 3.32. The maximum atomic E-state index is 13.7. The summed E-state index contributed by atoms with van der Waals surface area (Å²) in [7, 11) is 3.78. The molecule has 4 rings (SSSR count).